The third-order valence-corrected chi connectivity index (χ3v) is 4.55. The number of aryl methyl sites for hydroxylation is 1. The van der Waals surface area contributed by atoms with Gasteiger partial charge in [0.25, 0.3) is 0 Å². The van der Waals surface area contributed by atoms with Gasteiger partial charge < -0.3 is 10.8 Å². The zero-order valence-electron chi connectivity index (χ0n) is 13.5. The van der Waals surface area contributed by atoms with Crippen molar-refractivity contribution in [1.82, 2.24) is 0 Å². The van der Waals surface area contributed by atoms with Crippen LogP contribution in [0.25, 0.3) is 11.1 Å². The third kappa shape index (κ3) is 2.15. The Balaban J connectivity index is 2.08. The first-order chi connectivity index (χ1) is 12.0. The number of nitrogens with two attached hydrogens (primary N) is 1. The topological polar surface area (TPSA) is 80.4 Å². The van der Waals surface area contributed by atoms with Crippen LogP contribution in [0.2, 0.25) is 0 Å². The molecule has 0 heterocycles. The molecule has 0 aliphatic heterocycles. The Morgan fingerprint density at radius 3 is 1.96 bits per heavy atom. The normalized spacial score (nSPS) is 12.7. The average Bonchev–Trinajstić information content (AvgIpc) is 2.60. The Kier molecular flexibility index (Phi) is 3.22. The van der Waals surface area contributed by atoms with Crippen molar-refractivity contribution < 1.29 is 14.7 Å². The molecule has 4 heteroatoms. The number of aromatic hydroxyl groups is 1. The fourth-order valence-electron chi connectivity index (χ4n) is 3.33. The van der Waals surface area contributed by atoms with Crippen LogP contribution in [0, 0.1) is 6.92 Å². The van der Waals surface area contributed by atoms with Crippen LogP contribution in [-0.4, -0.2) is 16.7 Å². The number of phenols is 1. The van der Waals surface area contributed by atoms with Crippen molar-refractivity contribution in [2.45, 2.75) is 6.92 Å². The molecule has 0 spiro atoms. The number of carbonyl (C=O) groups excluding carboxylic acids is 2. The maximum absolute atomic E-state index is 13.1. The van der Waals surface area contributed by atoms with Gasteiger partial charge in [0, 0.05) is 34.0 Å². The van der Waals surface area contributed by atoms with Gasteiger partial charge in [-0.25, -0.2) is 0 Å². The molecular formula is C21H15NO3. The average molecular weight is 329 g/mol. The van der Waals surface area contributed by atoms with E-state index in [0.717, 1.165) is 11.1 Å². The predicted molar refractivity (Wildman–Crippen MR) is 96.0 cm³/mol. The number of hydrogen-bond acceptors (Lipinski definition) is 4. The fourth-order valence-corrected chi connectivity index (χ4v) is 3.33. The highest BCUT2D eigenvalue weighted by atomic mass is 16.3. The number of ketones is 2. The molecule has 122 valence electrons. The fraction of sp³-hybridized carbons (Fsp3) is 0.0476. The highest BCUT2D eigenvalue weighted by molar-refractivity contribution is 6.31. The molecule has 0 saturated heterocycles. The van der Waals surface area contributed by atoms with E-state index in [1.807, 2.05) is 31.2 Å². The van der Waals surface area contributed by atoms with E-state index in [1.54, 1.807) is 24.3 Å². The van der Waals surface area contributed by atoms with Crippen LogP contribution in [0.15, 0.2) is 54.6 Å². The molecule has 0 saturated carbocycles. The summed E-state index contributed by atoms with van der Waals surface area (Å²) >= 11 is 0. The van der Waals surface area contributed by atoms with Crippen LogP contribution in [0.5, 0.6) is 5.75 Å². The van der Waals surface area contributed by atoms with Crippen molar-refractivity contribution in [3.05, 3.63) is 82.4 Å². The maximum atomic E-state index is 13.1. The number of rotatable bonds is 1. The van der Waals surface area contributed by atoms with Crippen molar-refractivity contribution in [3.8, 4) is 16.9 Å². The number of fused-ring (bicyclic) bond motifs is 2. The summed E-state index contributed by atoms with van der Waals surface area (Å²) in [4.78, 5) is 26.0. The largest absolute Gasteiger partial charge is 0.507 e. The van der Waals surface area contributed by atoms with Crippen LogP contribution in [0.1, 0.15) is 37.4 Å². The molecule has 0 bridgehead atoms. The minimum absolute atomic E-state index is 0.0217. The molecule has 4 rings (SSSR count). The van der Waals surface area contributed by atoms with E-state index in [1.165, 1.54) is 6.07 Å². The summed E-state index contributed by atoms with van der Waals surface area (Å²) in [5, 5.41) is 10.3. The molecule has 4 nitrogen and oxygen atoms in total. The number of anilines is 1. The summed E-state index contributed by atoms with van der Waals surface area (Å²) in [6.07, 6.45) is 0. The molecule has 1 aliphatic carbocycles. The van der Waals surface area contributed by atoms with Crippen LogP contribution in [-0.2, 0) is 0 Å². The highest BCUT2D eigenvalue weighted by Gasteiger charge is 2.35. The van der Waals surface area contributed by atoms with Crippen LogP contribution >= 0.6 is 0 Å². The maximum Gasteiger partial charge on any atom is 0.198 e. The van der Waals surface area contributed by atoms with E-state index in [-0.39, 0.29) is 34.1 Å². The number of carbonyl (C=O) groups is 2. The van der Waals surface area contributed by atoms with Crippen molar-refractivity contribution >= 4 is 17.3 Å². The first-order valence-corrected chi connectivity index (χ1v) is 7.90. The lowest BCUT2D eigenvalue weighted by atomic mass is 9.79. The molecule has 0 radical (unpaired) electrons. The summed E-state index contributed by atoms with van der Waals surface area (Å²) < 4.78 is 0. The third-order valence-electron chi connectivity index (χ3n) is 4.55. The van der Waals surface area contributed by atoms with Gasteiger partial charge in [-0.05, 0) is 12.5 Å². The van der Waals surface area contributed by atoms with Crippen LogP contribution in [0.3, 0.4) is 0 Å². The molecule has 1 aliphatic rings. The predicted octanol–water partition coefficient (Wildman–Crippen LogP) is 3.73. The SMILES string of the molecule is Cc1ccc(-c2c(N)cc(O)c3c2C(=O)c2ccccc2C3=O)cc1. The molecule has 25 heavy (non-hydrogen) atoms. The van der Waals surface area contributed by atoms with Crippen molar-refractivity contribution in [2.75, 3.05) is 5.73 Å². The highest BCUT2D eigenvalue weighted by Crippen LogP contribution is 2.42. The van der Waals surface area contributed by atoms with Gasteiger partial charge in [-0.2, -0.15) is 0 Å². The first-order valence-electron chi connectivity index (χ1n) is 7.90. The Morgan fingerprint density at radius 2 is 1.36 bits per heavy atom. The lowest BCUT2D eigenvalue weighted by molar-refractivity contribution is 0.0977. The number of phenolic OH excluding ortho intramolecular Hbond substituents is 1. The van der Waals surface area contributed by atoms with Crippen LogP contribution < -0.4 is 5.73 Å². The van der Waals surface area contributed by atoms with Gasteiger partial charge in [-0.1, -0.05) is 54.1 Å². The number of hydrogen-bond donors (Lipinski definition) is 2. The summed E-state index contributed by atoms with van der Waals surface area (Å²) in [6.45, 7) is 1.96. The van der Waals surface area contributed by atoms with E-state index in [0.29, 0.717) is 16.7 Å². The standard InChI is InChI=1S/C21H15NO3/c1-11-6-8-12(9-7-11)17-15(22)10-16(23)18-19(17)21(25)14-5-3-2-4-13(14)20(18)24/h2-10,23H,22H2,1H3. The molecule has 0 atom stereocenters. The Morgan fingerprint density at radius 1 is 0.800 bits per heavy atom. The van der Waals surface area contributed by atoms with Gasteiger partial charge >= 0.3 is 0 Å². The molecule has 3 aromatic rings. The molecule has 0 unspecified atom stereocenters. The van der Waals surface area contributed by atoms with Gasteiger partial charge in [0.1, 0.15) is 5.75 Å². The molecule has 0 amide bonds. The zero-order valence-corrected chi connectivity index (χ0v) is 13.5. The van der Waals surface area contributed by atoms with Crippen molar-refractivity contribution in [2.24, 2.45) is 0 Å². The van der Waals surface area contributed by atoms with E-state index < -0.39 is 0 Å². The monoisotopic (exact) mass is 329 g/mol. The quantitative estimate of drug-likeness (QED) is 0.522. The minimum Gasteiger partial charge on any atom is -0.507 e. The lowest BCUT2D eigenvalue weighted by Crippen LogP contribution is -2.22. The second-order valence-corrected chi connectivity index (χ2v) is 6.18. The molecule has 3 aromatic carbocycles. The van der Waals surface area contributed by atoms with E-state index >= 15 is 0 Å². The van der Waals surface area contributed by atoms with Crippen molar-refractivity contribution in [3.63, 3.8) is 0 Å². The summed E-state index contributed by atoms with van der Waals surface area (Å²) in [6, 6.07) is 15.5. The van der Waals surface area contributed by atoms with E-state index in [9.17, 15) is 14.7 Å². The Labute approximate surface area is 144 Å². The number of benzene rings is 3. The summed E-state index contributed by atoms with van der Waals surface area (Å²) in [5.74, 6) is -0.935. The zero-order chi connectivity index (χ0) is 17.7. The van der Waals surface area contributed by atoms with Crippen molar-refractivity contribution in [1.29, 1.82) is 0 Å². The molecule has 0 aromatic heterocycles. The van der Waals surface area contributed by atoms with Crippen LogP contribution in [0.4, 0.5) is 5.69 Å². The Bertz CT molecular complexity index is 1050. The number of nitrogen functional groups attached to an aromatic ring is 1. The summed E-state index contributed by atoms with van der Waals surface area (Å²) in [5.41, 5.74) is 9.50. The smallest absolute Gasteiger partial charge is 0.198 e. The summed E-state index contributed by atoms with van der Waals surface area (Å²) in [7, 11) is 0. The second kappa shape index (κ2) is 5.31. The second-order valence-electron chi connectivity index (χ2n) is 6.18. The van der Waals surface area contributed by atoms with Gasteiger partial charge in [0.05, 0.1) is 5.56 Å². The Hall–Kier alpha value is -3.40. The first kappa shape index (κ1) is 15.1. The molecule has 3 N–H and O–H groups in total. The van der Waals surface area contributed by atoms with Gasteiger partial charge in [-0.3, -0.25) is 9.59 Å². The van der Waals surface area contributed by atoms with Gasteiger partial charge in [0.15, 0.2) is 11.6 Å². The van der Waals surface area contributed by atoms with Gasteiger partial charge in [0.2, 0.25) is 0 Å². The molecule has 0 fully saturated rings. The van der Waals surface area contributed by atoms with Gasteiger partial charge in [-0.15, -0.1) is 0 Å². The lowest BCUT2D eigenvalue weighted by Gasteiger charge is -2.22. The van der Waals surface area contributed by atoms with E-state index in [4.69, 9.17) is 5.73 Å². The molecular weight excluding hydrogens is 314 g/mol. The van der Waals surface area contributed by atoms with E-state index in [2.05, 4.69) is 0 Å². The minimum atomic E-state index is -0.365.